The molecule has 26 heavy (non-hydrogen) atoms. The summed E-state index contributed by atoms with van der Waals surface area (Å²) in [6.07, 6.45) is 0. The van der Waals surface area contributed by atoms with Crippen LogP contribution in [0.15, 0.2) is 18.2 Å². The predicted molar refractivity (Wildman–Crippen MR) is 102 cm³/mol. The second-order valence-corrected chi connectivity index (χ2v) is 12.2. The Hall–Kier alpha value is -2.04. The maximum atomic E-state index is 11.0. The van der Waals surface area contributed by atoms with Crippen molar-refractivity contribution >= 4 is 25.4 Å². The van der Waals surface area contributed by atoms with Crippen LogP contribution in [0.3, 0.4) is 0 Å². The molecule has 0 aliphatic rings. The van der Waals surface area contributed by atoms with Crippen LogP contribution in [-0.2, 0) is 9.16 Å². The van der Waals surface area contributed by atoms with Gasteiger partial charge in [-0.2, -0.15) is 0 Å². The third-order valence-corrected chi connectivity index (χ3v) is 8.99. The van der Waals surface area contributed by atoms with Gasteiger partial charge in [-0.3, -0.25) is 20.2 Å². The van der Waals surface area contributed by atoms with Gasteiger partial charge in [0, 0.05) is 12.6 Å². The molecule has 0 aliphatic heterocycles. The molecule has 10 heteroatoms. The van der Waals surface area contributed by atoms with Crippen molar-refractivity contribution in [3.05, 3.63) is 38.4 Å². The smallest absolute Gasteiger partial charge is 0.299 e. The number of non-ortho nitro benzene ring substituents is 1. The minimum absolute atomic E-state index is 0.142. The van der Waals surface area contributed by atoms with Crippen molar-refractivity contribution in [3.63, 3.8) is 0 Å². The molecule has 0 fully saturated rings. The van der Waals surface area contributed by atoms with Crippen LogP contribution in [0.1, 0.15) is 20.8 Å². The Labute approximate surface area is 154 Å². The monoisotopic (exact) mass is 385 g/mol. The second-order valence-electron chi connectivity index (χ2n) is 7.36. The second kappa shape index (κ2) is 9.06. The molecule has 0 saturated carbocycles. The van der Waals surface area contributed by atoms with Gasteiger partial charge in [-0.05, 0) is 24.2 Å². The van der Waals surface area contributed by atoms with E-state index in [0.29, 0.717) is 26.4 Å². The van der Waals surface area contributed by atoms with Crippen molar-refractivity contribution in [2.75, 3.05) is 31.7 Å². The molecular weight excluding hydrogens is 358 g/mol. The first-order valence-corrected chi connectivity index (χ1v) is 11.2. The minimum atomic E-state index is -1.79. The number of nitrogens with zero attached hydrogens (tertiary/aromatic N) is 2. The van der Waals surface area contributed by atoms with Gasteiger partial charge in [-0.15, -0.1) is 0 Å². The van der Waals surface area contributed by atoms with E-state index in [0.717, 1.165) is 6.07 Å². The summed E-state index contributed by atoms with van der Waals surface area (Å²) in [4.78, 5) is 20.4. The van der Waals surface area contributed by atoms with Crippen LogP contribution in [0.4, 0.5) is 17.1 Å². The SMILES string of the molecule is CC(C)(C)[Si](C)(C)OCCOCCNc1ccc([N+](=O)[O-])cc1[N+](=O)[O-]. The zero-order valence-corrected chi connectivity index (χ0v) is 16.9. The maximum absolute atomic E-state index is 11.0. The number of hydrogen-bond donors (Lipinski definition) is 1. The number of nitro benzene ring substituents is 2. The van der Waals surface area contributed by atoms with Gasteiger partial charge >= 0.3 is 0 Å². The van der Waals surface area contributed by atoms with E-state index in [1.165, 1.54) is 12.1 Å². The van der Waals surface area contributed by atoms with Crippen molar-refractivity contribution in [2.24, 2.45) is 0 Å². The van der Waals surface area contributed by atoms with Gasteiger partial charge in [0.15, 0.2) is 8.32 Å². The highest BCUT2D eigenvalue weighted by molar-refractivity contribution is 6.74. The Balaban J connectivity index is 2.41. The van der Waals surface area contributed by atoms with Gasteiger partial charge in [-0.1, -0.05) is 20.8 Å². The largest absolute Gasteiger partial charge is 0.414 e. The fourth-order valence-corrected chi connectivity index (χ4v) is 2.89. The highest BCUT2D eigenvalue weighted by Crippen LogP contribution is 2.36. The molecule has 9 nitrogen and oxygen atoms in total. The highest BCUT2D eigenvalue weighted by Gasteiger charge is 2.36. The van der Waals surface area contributed by atoms with Gasteiger partial charge in [0.05, 0.1) is 35.7 Å². The Morgan fingerprint density at radius 3 is 2.27 bits per heavy atom. The van der Waals surface area contributed by atoms with Gasteiger partial charge < -0.3 is 14.5 Å². The zero-order chi connectivity index (χ0) is 20.0. The van der Waals surface area contributed by atoms with Gasteiger partial charge in [0.1, 0.15) is 5.69 Å². The molecule has 1 aromatic rings. The van der Waals surface area contributed by atoms with E-state index in [4.69, 9.17) is 9.16 Å². The highest BCUT2D eigenvalue weighted by atomic mass is 28.4. The van der Waals surface area contributed by atoms with Gasteiger partial charge in [0.2, 0.25) is 0 Å². The summed E-state index contributed by atoms with van der Waals surface area (Å²) in [7, 11) is -1.79. The van der Waals surface area contributed by atoms with Crippen molar-refractivity contribution in [3.8, 4) is 0 Å². The molecule has 0 bridgehead atoms. The molecule has 0 aromatic heterocycles. The molecule has 1 rings (SSSR count). The third kappa shape index (κ3) is 6.35. The van der Waals surface area contributed by atoms with Crippen LogP contribution in [0, 0.1) is 20.2 Å². The van der Waals surface area contributed by atoms with E-state index < -0.39 is 18.2 Å². The van der Waals surface area contributed by atoms with Gasteiger partial charge in [-0.25, -0.2) is 0 Å². The van der Waals surface area contributed by atoms with E-state index >= 15 is 0 Å². The van der Waals surface area contributed by atoms with Crippen molar-refractivity contribution in [1.29, 1.82) is 0 Å². The van der Waals surface area contributed by atoms with Crippen molar-refractivity contribution in [1.82, 2.24) is 0 Å². The fourth-order valence-electron chi connectivity index (χ4n) is 1.87. The van der Waals surface area contributed by atoms with E-state index in [2.05, 4.69) is 39.2 Å². The van der Waals surface area contributed by atoms with Crippen LogP contribution < -0.4 is 5.32 Å². The van der Waals surface area contributed by atoms with Gasteiger partial charge in [0.25, 0.3) is 11.4 Å². The molecule has 0 atom stereocenters. The number of ether oxygens (including phenoxy) is 1. The van der Waals surface area contributed by atoms with Crippen LogP contribution in [0.2, 0.25) is 18.1 Å². The summed E-state index contributed by atoms with van der Waals surface area (Å²) in [5, 5.41) is 24.8. The topological polar surface area (TPSA) is 117 Å². The summed E-state index contributed by atoms with van der Waals surface area (Å²) in [6.45, 7) is 12.5. The lowest BCUT2D eigenvalue weighted by Crippen LogP contribution is -2.41. The Kier molecular flexibility index (Phi) is 7.66. The maximum Gasteiger partial charge on any atom is 0.299 e. The van der Waals surface area contributed by atoms with Crippen LogP contribution >= 0.6 is 0 Å². The van der Waals surface area contributed by atoms with Crippen molar-refractivity contribution < 1.29 is 19.0 Å². The zero-order valence-electron chi connectivity index (χ0n) is 15.9. The first kappa shape index (κ1) is 22.0. The minimum Gasteiger partial charge on any atom is -0.414 e. The molecule has 0 amide bonds. The molecular formula is C16H27N3O6Si. The van der Waals surface area contributed by atoms with Crippen LogP contribution in [0.5, 0.6) is 0 Å². The molecule has 0 spiro atoms. The first-order chi connectivity index (χ1) is 12.0. The molecule has 146 valence electrons. The quantitative estimate of drug-likeness (QED) is 0.280. The number of nitrogens with one attached hydrogen (secondary N) is 1. The summed E-state index contributed by atoms with van der Waals surface area (Å²) in [5.74, 6) is 0. The Morgan fingerprint density at radius 2 is 1.73 bits per heavy atom. The molecule has 0 aliphatic carbocycles. The average Bonchev–Trinajstić information content (AvgIpc) is 2.52. The van der Waals surface area contributed by atoms with Crippen LogP contribution in [0.25, 0.3) is 0 Å². The van der Waals surface area contributed by atoms with Crippen LogP contribution in [-0.4, -0.2) is 44.5 Å². The molecule has 0 heterocycles. The molecule has 0 radical (unpaired) electrons. The Morgan fingerprint density at radius 1 is 1.08 bits per heavy atom. The number of anilines is 1. The summed E-state index contributed by atoms with van der Waals surface area (Å²) in [5.41, 5.74) is -0.427. The van der Waals surface area contributed by atoms with E-state index in [1.807, 2.05) is 0 Å². The fraction of sp³-hybridized carbons (Fsp3) is 0.625. The lowest BCUT2D eigenvalue weighted by Gasteiger charge is -2.36. The Bertz CT molecular complexity index is 645. The summed E-state index contributed by atoms with van der Waals surface area (Å²) in [6, 6.07) is 3.50. The normalized spacial score (nSPS) is 12.0. The first-order valence-electron chi connectivity index (χ1n) is 8.34. The third-order valence-electron chi connectivity index (χ3n) is 4.45. The van der Waals surface area contributed by atoms with E-state index in [9.17, 15) is 20.2 Å². The molecule has 1 aromatic carbocycles. The number of hydrogen-bond acceptors (Lipinski definition) is 7. The molecule has 0 saturated heterocycles. The number of benzene rings is 1. The number of nitro groups is 2. The molecule has 1 N–H and O–H groups in total. The standard InChI is InChI=1S/C16H27N3O6Si/c1-16(2,3)26(4,5)25-11-10-24-9-8-17-14-7-6-13(18(20)21)12-15(14)19(22)23/h6-7,12,17H,8-11H2,1-5H3. The summed E-state index contributed by atoms with van der Waals surface area (Å²) >= 11 is 0. The van der Waals surface area contributed by atoms with Crippen molar-refractivity contribution in [2.45, 2.75) is 38.9 Å². The molecule has 0 unspecified atom stereocenters. The summed E-state index contributed by atoms with van der Waals surface area (Å²) < 4.78 is 11.5. The predicted octanol–water partition coefficient (Wildman–Crippen LogP) is 3.95. The lowest BCUT2D eigenvalue weighted by atomic mass is 10.2. The lowest BCUT2D eigenvalue weighted by molar-refractivity contribution is -0.393. The van der Waals surface area contributed by atoms with E-state index in [-0.39, 0.29) is 22.1 Å². The average molecular weight is 385 g/mol. The number of rotatable bonds is 10. The van der Waals surface area contributed by atoms with E-state index in [1.54, 1.807) is 0 Å².